The number of hydrogen-bond acceptors (Lipinski definition) is 1. The minimum absolute atomic E-state index is 0. The number of benzene rings is 2. The standard InChI is InChI=1S/C16H12NO.W/c1-11-15(12-7-3-2-4-8-12)13-9-5-6-10-14(13)17-16(11)18;/h2-4,6-10H,1H3,(H,17,18);/q-1;. The first kappa shape index (κ1) is 13.8. The van der Waals surface area contributed by atoms with E-state index in [1.165, 1.54) is 0 Å². The van der Waals surface area contributed by atoms with Crippen molar-refractivity contribution >= 4 is 10.9 Å². The normalized spacial score (nSPS) is 10.2. The molecule has 94 valence electrons. The van der Waals surface area contributed by atoms with Crippen molar-refractivity contribution in [2.75, 3.05) is 0 Å². The Morgan fingerprint density at radius 3 is 2.58 bits per heavy atom. The number of hydrogen-bond donors (Lipinski definition) is 1. The molecule has 2 aromatic carbocycles. The molecule has 1 N–H and O–H groups in total. The molecule has 0 aliphatic carbocycles. The topological polar surface area (TPSA) is 32.9 Å². The summed E-state index contributed by atoms with van der Waals surface area (Å²) in [5, 5.41) is 1.03. The van der Waals surface area contributed by atoms with Crippen molar-refractivity contribution < 1.29 is 21.1 Å². The monoisotopic (exact) mass is 418 g/mol. The van der Waals surface area contributed by atoms with Crippen LogP contribution in [0.3, 0.4) is 0 Å². The average molecular weight is 418 g/mol. The summed E-state index contributed by atoms with van der Waals surface area (Å²) in [5.74, 6) is 0. The molecule has 0 saturated carbocycles. The van der Waals surface area contributed by atoms with E-state index in [-0.39, 0.29) is 26.6 Å². The summed E-state index contributed by atoms with van der Waals surface area (Å²) in [6.07, 6.45) is 0. The van der Waals surface area contributed by atoms with E-state index in [0.717, 1.165) is 27.6 Å². The first-order valence-corrected chi connectivity index (χ1v) is 5.85. The van der Waals surface area contributed by atoms with E-state index in [4.69, 9.17) is 0 Å². The minimum Gasteiger partial charge on any atom is -0.345 e. The molecule has 3 heteroatoms. The Kier molecular flexibility index (Phi) is 4.01. The summed E-state index contributed by atoms with van der Waals surface area (Å²) < 4.78 is 0. The van der Waals surface area contributed by atoms with Gasteiger partial charge in [-0.25, -0.2) is 0 Å². The van der Waals surface area contributed by atoms with Crippen molar-refractivity contribution in [2.45, 2.75) is 6.92 Å². The maximum absolute atomic E-state index is 12.0. The van der Waals surface area contributed by atoms with E-state index in [9.17, 15) is 4.79 Å². The van der Waals surface area contributed by atoms with Crippen molar-refractivity contribution in [2.24, 2.45) is 0 Å². The van der Waals surface area contributed by atoms with E-state index in [1.54, 1.807) is 0 Å². The number of H-pyrrole nitrogens is 1. The predicted molar refractivity (Wildman–Crippen MR) is 73.6 cm³/mol. The molecular weight excluding hydrogens is 406 g/mol. The predicted octanol–water partition coefficient (Wildman–Crippen LogP) is 3.30. The van der Waals surface area contributed by atoms with Gasteiger partial charge in [0.15, 0.2) is 0 Å². The van der Waals surface area contributed by atoms with Crippen LogP contribution < -0.4 is 5.56 Å². The molecule has 0 radical (unpaired) electrons. The molecule has 0 atom stereocenters. The molecule has 0 fully saturated rings. The van der Waals surface area contributed by atoms with Crippen LogP contribution in [0.15, 0.2) is 53.3 Å². The third kappa shape index (κ3) is 2.41. The maximum atomic E-state index is 12.0. The van der Waals surface area contributed by atoms with Gasteiger partial charge in [-0.1, -0.05) is 41.4 Å². The molecule has 0 aliphatic heterocycles. The van der Waals surface area contributed by atoms with Crippen LogP contribution in [0, 0.1) is 13.0 Å². The van der Waals surface area contributed by atoms with E-state index in [2.05, 4.69) is 11.1 Å². The quantitative estimate of drug-likeness (QED) is 0.605. The zero-order valence-corrected chi connectivity index (χ0v) is 13.4. The molecular formula is C16H12NOW-. The molecule has 2 nitrogen and oxygen atoms in total. The van der Waals surface area contributed by atoms with Crippen LogP contribution in [0.1, 0.15) is 5.56 Å². The summed E-state index contributed by atoms with van der Waals surface area (Å²) in [7, 11) is 0. The van der Waals surface area contributed by atoms with Gasteiger partial charge in [0.2, 0.25) is 5.56 Å². The van der Waals surface area contributed by atoms with E-state index in [1.807, 2.05) is 55.5 Å². The smallest absolute Gasteiger partial charge is 0.249 e. The zero-order chi connectivity index (χ0) is 12.5. The summed E-state index contributed by atoms with van der Waals surface area (Å²) in [6.45, 7) is 1.85. The van der Waals surface area contributed by atoms with Gasteiger partial charge in [-0.15, -0.1) is 11.5 Å². The number of nitrogens with one attached hydrogen (secondary N) is 1. The largest absolute Gasteiger partial charge is 0.345 e. The fraction of sp³-hybridized carbons (Fsp3) is 0.0625. The fourth-order valence-electron chi connectivity index (χ4n) is 2.25. The van der Waals surface area contributed by atoms with E-state index >= 15 is 0 Å². The van der Waals surface area contributed by atoms with Crippen LogP contribution in [0.4, 0.5) is 0 Å². The molecule has 0 spiro atoms. The Morgan fingerprint density at radius 2 is 1.84 bits per heavy atom. The molecule has 0 unspecified atom stereocenters. The number of aromatic amines is 1. The second kappa shape index (κ2) is 5.54. The van der Waals surface area contributed by atoms with E-state index in [0.29, 0.717) is 0 Å². The van der Waals surface area contributed by atoms with Gasteiger partial charge in [-0.3, -0.25) is 4.79 Å². The number of aromatic nitrogens is 1. The van der Waals surface area contributed by atoms with Crippen molar-refractivity contribution in [3.63, 3.8) is 0 Å². The van der Waals surface area contributed by atoms with Crippen molar-refractivity contribution in [3.05, 3.63) is 70.5 Å². The average Bonchev–Trinajstić information content (AvgIpc) is 2.41. The van der Waals surface area contributed by atoms with Gasteiger partial charge in [0.25, 0.3) is 0 Å². The van der Waals surface area contributed by atoms with Gasteiger partial charge >= 0.3 is 0 Å². The Balaban J connectivity index is 0.00000133. The van der Waals surface area contributed by atoms with Crippen molar-refractivity contribution in [1.82, 2.24) is 4.98 Å². The van der Waals surface area contributed by atoms with Crippen LogP contribution in [0.5, 0.6) is 0 Å². The van der Waals surface area contributed by atoms with Crippen LogP contribution in [0.2, 0.25) is 0 Å². The number of fused-ring (bicyclic) bond motifs is 1. The van der Waals surface area contributed by atoms with Crippen molar-refractivity contribution in [3.8, 4) is 11.1 Å². The van der Waals surface area contributed by atoms with Gasteiger partial charge in [0, 0.05) is 26.6 Å². The van der Waals surface area contributed by atoms with Gasteiger partial charge in [0.1, 0.15) is 0 Å². The number of pyridine rings is 1. The molecule has 0 amide bonds. The Labute approximate surface area is 125 Å². The second-order valence-corrected chi connectivity index (χ2v) is 4.29. The second-order valence-electron chi connectivity index (χ2n) is 4.29. The van der Waals surface area contributed by atoms with Crippen LogP contribution in [-0.4, -0.2) is 4.98 Å². The molecule has 3 rings (SSSR count). The summed E-state index contributed by atoms with van der Waals surface area (Å²) in [4.78, 5) is 14.9. The fourth-order valence-corrected chi connectivity index (χ4v) is 2.25. The first-order chi connectivity index (χ1) is 8.77. The summed E-state index contributed by atoms with van der Waals surface area (Å²) in [6, 6.07) is 18.7. The molecule has 0 aliphatic rings. The van der Waals surface area contributed by atoms with Gasteiger partial charge in [-0.05, 0) is 12.5 Å². The van der Waals surface area contributed by atoms with Gasteiger partial charge in [0.05, 0.1) is 0 Å². The Bertz CT molecular complexity index is 763. The molecule has 3 aromatic rings. The Hall–Kier alpha value is -1.66. The molecule has 19 heavy (non-hydrogen) atoms. The molecule has 0 bridgehead atoms. The Morgan fingerprint density at radius 1 is 1.11 bits per heavy atom. The maximum Gasteiger partial charge on any atom is 0.249 e. The van der Waals surface area contributed by atoms with E-state index < -0.39 is 0 Å². The number of rotatable bonds is 1. The minimum atomic E-state index is -0.0347. The van der Waals surface area contributed by atoms with Crippen molar-refractivity contribution in [1.29, 1.82) is 0 Å². The third-order valence-electron chi connectivity index (χ3n) is 3.16. The third-order valence-corrected chi connectivity index (χ3v) is 3.16. The van der Waals surface area contributed by atoms with Crippen LogP contribution >= 0.6 is 0 Å². The SMILES string of the molecule is Cc1c(-c2ccccc2)c2c[c-]ccc2[nH]c1=O.[W]. The van der Waals surface area contributed by atoms with Gasteiger partial charge < -0.3 is 4.98 Å². The molecule has 1 aromatic heterocycles. The molecule has 0 saturated heterocycles. The van der Waals surface area contributed by atoms with Crippen LogP contribution in [0.25, 0.3) is 22.0 Å². The zero-order valence-electron chi connectivity index (χ0n) is 10.4. The van der Waals surface area contributed by atoms with Gasteiger partial charge in [-0.2, -0.15) is 18.2 Å². The first-order valence-electron chi connectivity index (χ1n) is 5.85. The summed E-state index contributed by atoms with van der Waals surface area (Å²) in [5.41, 5.74) is 3.61. The molecule has 1 heterocycles. The summed E-state index contributed by atoms with van der Waals surface area (Å²) >= 11 is 0. The van der Waals surface area contributed by atoms with Crippen LogP contribution in [-0.2, 0) is 21.1 Å².